The molecule has 0 saturated heterocycles. The van der Waals surface area contributed by atoms with Gasteiger partial charge in [0.15, 0.2) is 0 Å². The van der Waals surface area contributed by atoms with Crippen LogP contribution in [0.15, 0.2) is 78.9 Å². The fourth-order valence-electron chi connectivity index (χ4n) is 3.10. The highest BCUT2D eigenvalue weighted by Crippen LogP contribution is 2.31. The molecule has 1 amide bonds. The standard InChI is InChI=1S/C25H24N4O/c1-25(2,3)23(29-24(30)22-17-27-13-14-28-22)21(16-26)20-11-9-19(10-12-20)15-18-7-5-4-6-8-18/h4-14,17H,15H2,1-3H3,(H,29,30). The van der Waals surface area contributed by atoms with E-state index in [9.17, 15) is 10.1 Å². The predicted octanol–water partition coefficient (Wildman–Crippen LogP) is 4.78. The van der Waals surface area contributed by atoms with E-state index in [1.54, 1.807) is 0 Å². The lowest BCUT2D eigenvalue weighted by Crippen LogP contribution is -2.31. The van der Waals surface area contributed by atoms with Crippen molar-refractivity contribution in [1.82, 2.24) is 15.3 Å². The van der Waals surface area contributed by atoms with E-state index < -0.39 is 5.41 Å². The van der Waals surface area contributed by atoms with Crippen LogP contribution in [0.25, 0.3) is 5.57 Å². The van der Waals surface area contributed by atoms with Gasteiger partial charge in [0.1, 0.15) is 11.8 Å². The predicted molar refractivity (Wildman–Crippen MR) is 117 cm³/mol. The van der Waals surface area contributed by atoms with Crippen molar-refractivity contribution in [3.8, 4) is 6.07 Å². The highest BCUT2D eigenvalue weighted by molar-refractivity contribution is 5.95. The fourth-order valence-corrected chi connectivity index (χ4v) is 3.10. The fraction of sp³-hybridized carbons (Fsp3) is 0.200. The van der Waals surface area contributed by atoms with Crippen LogP contribution >= 0.6 is 0 Å². The van der Waals surface area contributed by atoms with Gasteiger partial charge in [0.05, 0.1) is 11.8 Å². The quantitative estimate of drug-likeness (QED) is 0.630. The molecule has 0 atom stereocenters. The molecule has 0 radical (unpaired) electrons. The lowest BCUT2D eigenvalue weighted by molar-refractivity contribution is 0.0952. The van der Waals surface area contributed by atoms with Crippen LogP contribution < -0.4 is 5.32 Å². The van der Waals surface area contributed by atoms with Gasteiger partial charge < -0.3 is 5.32 Å². The molecule has 0 aliphatic carbocycles. The number of nitriles is 1. The van der Waals surface area contributed by atoms with Crippen molar-refractivity contribution in [3.05, 3.63) is 101 Å². The van der Waals surface area contributed by atoms with Crippen LogP contribution in [-0.4, -0.2) is 15.9 Å². The molecule has 3 aromatic rings. The Balaban J connectivity index is 1.92. The van der Waals surface area contributed by atoms with Gasteiger partial charge in [-0.15, -0.1) is 0 Å². The highest BCUT2D eigenvalue weighted by Gasteiger charge is 2.25. The minimum Gasteiger partial charge on any atom is -0.322 e. The van der Waals surface area contributed by atoms with E-state index in [0.717, 1.165) is 17.5 Å². The van der Waals surface area contributed by atoms with Crippen molar-refractivity contribution in [2.45, 2.75) is 27.2 Å². The number of allylic oxidation sites excluding steroid dienone is 2. The third-order valence-electron chi connectivity index (χ3n) is 4.64. The van der Waals surface area contributed by atoms with Crippen LogP contribution in [0, 0.1) is 16.7 Å². The van der Waals surface area contributed by atoms with Crippen molar-refractivity contribution in [2.24, 2.45) is 5.41 Å². The first kappa shape index (κ1) is 20.9. The Kier molecular flexibility index (Phi) is 6.38. The summed E-state index contributed by atoms with van der Waals surface area (Å²) in [5, 5.41) is 12.8. The van der Waals surface area contributed by atoms with Crippen LogP contribution in [-0.2, 0) is 6.42 Å². The van der Waals surface area contributed by atoms with E-state index in [0.29, 0.717) is 11.3 Å². The minimum absolute atomic E-state index is 0.203. The molecule has 0 fully saturated rings. The Morgan fingerprint density at radius 2 is 1.67 bits per heavy atom. The number of hydrogen-bond acceptors (Lipinski definition) is 4. The molecule has 0 aliphatic rings. The first-order chi connectivity index (χ1) is 14.4. The van der Waals surface area contributed by atoms with Crippen LogP contribution in [0.3, 0.4) is 0 Å². The minimum atomic E-state index is -0.453. The Morgan fingerprint density at radius 1 is 1.00 bits per heavy atom. The van der Waals surface area contributed by atoms with Gasteiger partial charge in [0.2, 0.25) is 0 Å². The number of rotatable bonds is 5. The van der Waals surface area contributed by atoms with Crippen molar-refractivity contribution < 1.29 is 4.79 Å². The zero-order chi connectivity index (χ0) is 21.6. The number of hydrogen-bond donors (Lipinski definition) is 1. The number of nitrogens with zero attached hydrogens (tertiary/aromatic N) is 3. The average molecular weight is 396 g/mol. The van der Waals surface area contributed by atoms with Crippen LogP contribution in [0.4, 0.5) is 0 Å². The monoisotopic (exact) mass is 396 g/mol. The summed E-state index contributed by atoms with van der Waals surface area (Å²) in [6.07, 6.45) is 5.20. The van der Waals surface area contributed by atoms with Gasteiger partial charge >= 0.3 is 0 Å². The van der Waals surface area contributed by atoms with Gasteiger partial charge in [-0.3, -0.25) is 9.78 Å². The second-order valence-corrected chi connectivity index (χ2v) is 8.02. The molecule has 0 unspecified atom stereocenters. The van der Waals surface area contributed by atoms with Gasteiger partial charge in [-0.25, -0.2) is 4.98 Å². The van der Waals surface area contributed by atoms with Gasteiger partial charge in [0.25, 0.3) is 5.91 Å². The molecule has 0 spiro atoms. The largest absolute Gasteiger partial charge is 0.322 e. The molecule has 5 heteroatoms. The van der Waals surface area contributed by atoms with E-state index >= 15 is 0 Å². The molecule has 0 bridgehead atoms. The second kappa shape index (κ2) is 9.15. The zero-order valence-corrected chi connectivity index (χ0v) is 17.4. The summed E-state index contributed by atoms with van der Waals surface area (Å²) in [5.41, 5.74) is 3.89. The van der Waals surface area contributed by atoms with E-state index in [2.05, 4.69) is 33.5 Å². The number of aromatic nitrogens is 2. The maximum Gasteiger partial charge on any atom is 0.275 e. The summed E-state index contributed by atoms with van der Waals surface area (Å²) in [6, 6.07) is 20.4. The normalized spacial score (nSPS) is 11.9. The van der Waals surface area contributed by atoms with Crippen molar-refractivity contribution >= 4 is 11.5 Å². The van der Waals surface area contributed by atoms with Crippen molar-refractivity contribution in [3.63, 3.8) is 0 Å². The molecule has 3 rings (SSSR count). The lowest BCUT2D eigenvalue weighted by Gasteiger charge is -2.25. The van der Waals surface area contributed by atoms with Gasteiger partial charge in [-0.1, -0.05) is 75.4 Å². The number of benzene rings is 2. The molecular formula is C25H24N4O. The van der Waals surface area contributed by atoms with E-state index in [4.69, 9.17) is 0 Å². The lowest BCUT2D eigenvalue weighted by atomic mass is 9.86. The Labute approximate surface area is 177 Å². The van der Waals surface area contributed by atoms with Gasteiger partial charge in [-0.2, -0.15) is 5.26 Å². The molecule has 0 saturated carbocycles. The summed E-state index contributed by atoms with van der Waals surface area (Å²) >= 11 is 0. The molecule has 2 aromatic carbocycles. The number of amides is 1. The topological polar surface area (TPSA) is 78.7 Å². The molecule has 1 heterocycles. The highest BCUT2D eigenvalue weighted by atomic mass is 16.1. The molecule has 30 heavy (non-hydrogen) atoms. The van der Waals surface area contributed by atoms with Crippen LogP contribution in [0.2, 0.25) is 0 Å². The summed E-state index contributed by atoms with van der Waals surface area (Å²) < 4.78 is 0. The van der Waals surface area contributed by atoms with E-state index in [-0.39, 0.29) is 11.6 Å². The first-order valence-electron chi connectivity index (χ1n) is 9.74. The number of nitrogens with one attached hydrogen (secondary N) is 1. The molecule has 0 aliphatic heterocycles. The Hall–Kier alpha value is -3.78. The van der Waals surface area contributed by atoms with E-state index in [1.807, 2.05) is 63.2 Å². The van der Waals surface area contributed by atoms with E-state index in [1.165, 1.54) is 24.2 Å². The zero-order valence-electron chi connectivity index (χ0n) is 17.4. The third kappa shape index (κ3) is 5.18. The van der Waals surface area contributed by atoms with Crippen molar-refractivity contribution in [1.29, 1.82) is 5.26 Å². The maximum absolute atomic E-state index is 12.7. The van der Waals surface area contributed by atoms with Gasteiger partial charge in [-0.05, 0) is 23.1 Å². The summed E-state index contributed by atoms with van der Waals surface area (Å²) in [4.78, 5) is 20.6. The first-order valence-corrected chi connectivity index (χ1v) is 9.74. The number of carbonyl (C=O) groups is 1. The molecule has 150 valence electrons. The SMILES string of the molecule is CC(C)(C)C(NC(=O)c1cnccn1)=C(C#N)c1ccc(Cc2ccccc2)cc1. The van der Waals surface area contributed by atoms with Crippen molar-refractivity contribution in [2.75, 3.05) is 0 Å². The summed E-state index contributed by atoms with van der Waals surface area (Å²) in [7, 11) is 0. The number of carbonyl (C=O) groups excluding carboxylic acids is 1. The Morgan fingerprint density at radius 3 is 2.23 bits per heavy atom. The molecule has 1 aromatic heterocycles. The smallest absolute Gasteiger partial charge is 0.275 e. The second-order valence-electron chi connectivity index (χ2n) is 8.02. The van der Waals surface area contributed by atoms with Crippen LogP contribution in [0.5, 0.6) is 0 Å². The Bertz CT molecular complexity index is 1070. The summed E-state index contributed by atoms with van der Waals surface area (Å²) in [5.74, 6) is -0.388. The summed E-state index contributed by atoms with van der Waals surface area (Å²) in [6.45, 7) is 5.88. The average Bonchev–Trinajstić information content (AvgIpc) is 2.75. The molecule has 5 nitrogen and oxygen atoms in total. The molecule has 1 N–H and O–H groups in total. The molecular weight excluding hydrogens is 372 g/mol. The maximum atomic E-state index is 12.7. The van der Waals surface area contributed by atoms with Crippen LogP contribution in [0.1, 0.15) is 48.0 Å². The third-order valence-corrected chi connectivity index (χ3v) is 4.64. The van der Waals surface area contributed by atoms with Gasteiger partial charge in [0, 0.05) is 23.5 Å².